The molecule has 1 unspecified atom stereocenters. The third-order valence-electron chi connectivity index (χ3n) is 2.54. The Hall–Kier alpha value is -0.820. The van der Waals surface area contributed by atoms with Crippen LogP contribution in [0.1, 0.15) is 44.6 Å². The molecule has 0 N–H and O–H groups in total. The molecule has 1 nitrogen and oxygen atoms in total. The Balaban J connectivity index is 2.87. The molecule has 0 aliphatic rings. The lowest BCUT2D eigenvalue weighted by Crippen LogP contribution is -2.11. The van der Waals surface area contributed by atoms with Crippen LogP contribution in [0.3, 0.4) is 0 Å². The van der Waals surface area contributed by atoms with Crippen LogP contribution in [0.5, 0.6) is 0 Å². The monoisotopic (exact) mass is 224 g/mol. The Morgan fingerprint density at radius 3 is 2.67 bits per heavy atom. The summed E-state index contributed by atoms with van der Waals surface area (Å²) in [6, 6.07) is 7.61. The lowest BCUT2D eigenvalue weighted by Gasteiger charge is -2.13. The minimum Gasteiger partial charge on any atom is -0.299 e. The quantitative estimate of drug-likeness (QED) is 0.733. The van der Waals surface area contributed by atoms with E-state index in [1.165, 1.54) is 0 Å². The number of Topliss-reactive ketones (excluding diaryl/α,β-unsaturated/α-hetero) is 1. The van der Waals surface area contributed by atoms with Crippen molar-refractivity contribution in [1.82, 2.24) is 0 Å². The van der Waals surface area contributed by atoms with Crippen molar-refractivity contribution in [2.45, 2.75) is 39.0 Å². The van der Waals surface area contributed by atoms with E-state index in [0.29, 0.717) is 17.2 Å². The Kier molecular flexibility index (Phi) is 4.83. The second kappa shape index (κ2) is 5.92. The maximum Gasteiger partial charge on any atom is 0.140 e. The Morgan fingerprint density at radius 1 is 1.40 bits per heavy atom. The third-order valence-corrected chi connectivity index (χ3v) is 2.78. The molecule has 1 rings (SSSR count). The summed E-state index contributed by atoms with van der Waals surface area (Å²) >= 11 is 5.92. The van der Waals surface area contributed by atoms with Gasteiger partial charge in [-0.25, -0.2) is 0 Å². The molecule has 0 heterocycles. The summed E-state index contributed by atoms with van der Waals surface area (Å²) in [7, 11) is 0. The first-order chi connectivity index (χ1) is 7.19. The van der Waals surface area contributed by atoms with Gasteiger partial charge in [0.15, 0.2) is 0 Å². The van der Waals surface area contributed by atoms with E-state index in [1.807, 2.05) is 38.1 Å². The maximum atomic E-state index is 11.8. The molecule has 0 amide bonds. The molecule has 0 radical (unpaired) electrons. The van der Waals surface area contributed by atoms with E-state index in [1.54, 1.807) is 0 Å². The smallest absolute Gasteiger partial charge is 0.140 e. The van der Waals surface area contributed by atoms with Crippen molar-refractivity contribution in [1.29, 1.82) is 0 Å². The Labute approximate surface area is 96.5 Å². The van der Waals surface area contributed by atoms with E-state index in [9.17, 15) is 4.79 Å². The first-order valence-corrected chi connectivity index (χ1v) is 5.85. The molecular weight excluding hydrogens is 208 g/mol. The number of carbonyl (C=O) groups is 1. The van der Waals surface area contributed by atoms with Gasteiger partial charge >= 0.3 is 0 Å². The van der Waals surface area contributed by atoms with Gasteiger partial charge in [0.2, 0.25) is 0 Å². The Bertz CT molecular complexity index is 333. The SMILES string of the molecule is CCCC(=O)C(CC)c1cccc(Cl)c1. The average molecular weight is 225 g/mol. The summed E-state index contributed by atoms with van der Waals surface area (Å²) in [6.45, 7) is 4.07. The molecule has 0 saturated carbocycles. The van der Waals surface area contributed by atoms with Crippen LogP contribution in [0.2, 0.25) is 5.02 Å². The highest BCUT2D eigenvalue weighted by Gasteiger charge is 2.17. The lowest BCUT2D eigenvalue weighted by atomic mass is 9.90. The van der Waals surface area contributed by atoms with Gasteiger partial charge in [0, 0.05) is 17.4 Å². The van der Waals surface area contributed by atoms with Crippen LogP contribution >= 0.6 is 11.6 Å². The molecule has 0 fully saturated rings. The summed E-state index contributed by atoms with van der Waals surface area (Å²) < 4.78 is 0. The molecule has 0 aromatic heterocycles. The van der Waals surface area contributed by atoms with Gasteiger partial charge in [-0.3, -0.25) is 4.79 Å². The van der Waals surface area contributed by atoms with E-state index in [0.717, 1.165) is 18.4 Å². The highest BCUT2D eigenvalue weighted by atomic mass is 35.5. The molecule has 0 aliphatic heterocycles. The number of benzene rings is 1. The van der Waals surface area contributed by atoms with Crippen molar-refractivity contribution in [2.24, 2.45) is 0 Å². The summed E-state index contributed by atoms with van der Waals surface area (Å²) in [5, 5.41) is 0.704. The fourth-order valence-corrected chi connectivity index (χ4v) is 1.99. The zero-order valence-electron chi connectivity index (χ0n) is 9.29. The fraction of sp³-hybridized carbons (Fsp3) is 0.462. The normalized spacial score (nSPS) is 12.5. The van der Waals surface area contributed by atoms with Crippen molar-refractivity contribution < 1.29 is 4.79 Å². The number of halogens is 1. The van der Waals surface area contributed by atoms with Gasteiger partial charge in [-0.1, -0.05) is 37.6 Å². The van der Waals surface area contributed by atoms with Crippen LogP contribution in [0.25, 0.3) is 0 Å². The third kappa shape index (κ3) is 3.35. The van der Waals surface area contributed by atoms with Crippen LogP contribution in [0.4, 0.5) is 0 Å². The van der Waals surface area contributed by atoms with Crippen LogP contribution in [-0.4, -0.2) is 5.78 Å². The molecular formula is C13H17ClO. The van der Waals surface area contributed by atoms with Gasteiger partial charge in [-0.2, -0.15) is 0 Å². The largest absolute Gasteiger partial charge is 0.299 e. The van der Waals surface area contributed by atoms with E-state index in [-0.39, 0.29) is 5.92 Å². The van der Waals surface area contributed by atoms with Gasteiger partial charge in [0.25, 0.3) is 0 Å². The summed E-state index contributed by atoms with van der Waals surface area (Å²) in [6.07, 6.45) is 2.42. The summed E-state index contributed by atoms with van der Waals surface area (Å²) in [4.78, 5) is 11.8. The van der Waals surface area contributed by atoms with Crippen molar-refractivity contribution in [2.75, 3.05) is 0 Å². The molecule has 2 heteroatoms. The highest BCUT2D eigenvalue weighted by molar-refractivity contribution is 6.30. The van der Waals surface area contributed by atoms with E-state index < -0.39 is 0 Å². The molecule has 1 atom stereocenters. The van der Waals surface area contributed by atoms with Crippen molar-refractivity contribution in [3.05, 3.63) is 34.9 Å². The van der Waals surface area contributed by atoms with Gasteiger partial charge in [0.1, 0.15) is 5.78 Å². The fourth-order valence-electron chi connectivity index (χ4n) is 1.79. The zero-order valence-corrected chi connectivity index (χ0v) is 10.1. The van der Waals surface area contributed by atoms with Gasteiger partial charge in [0.05, 0.1) is 0 Å². The minimum atomic E-state index is 0.0173. The number of rotatable bonds is 5. The lowest BCUT2D eigenvalue weighted by molar-refractivity contribution is -0.120. The summed E-state index contributed by atoms with van der Waals surface area (Å²) in [5.74, 6) is 0.339. The van der Waals surface area contributed by atoms with Crippen molar-refractivity contribution >= 4 is 17.4 Å². The summed E-state index contributed by atoms with van der Waals surface area (Å²) in [5.41, 5.74) is 1.04. The van der Waals surface area contributed by atoms with E-state index >= 15 is 0 Å². The predicted octanol–water partition coefficient (Wildman–Crippen LogP) is 4.20. The second-order valence-corrected chi connectivity index (χ2v) is 4.17. The van der Waals surface area contributed by atoms with Crippen molar-refractivity contribution in [3.63, 3.8) is 0 Å². The van der Waals surface area contributed by atoms with Crippen LogP contribution in [0, 0.1) is 0 Å². The molecule has 1 aromatic rings. The highest BCUT2D eigenvalue weighted by Crippen LogP contribution is 2.24. The molecule has 0 bridgehead atoms. The van der Waals surface area contributed by atoms with E-state index in [2.05, 4.69) is 0 Å². The van der Waals surface area contributed by atoms with Crippen LogP contribution < -0.4 is 0 Å². The van der Waals surface area contributed by atoms with Crippen LogP contribution in [0.15, 0.2) is 24.3 Å². The van der Waals surface area contributed by atoms with E-state index in [4.69, 9.17) is 11.6 Å². The predicted molar refractivity (Wildman–Crippen MR) is 64.4 cm³/mol. The zero-order chi connectivity index (χ0) is 11.3. The minimum absolute atomic E-state index is 0.0173. The van der Waals surface area contributed by atoms with Crippen LogP contribution in [-0.2, 0) is 4.79 Å². The molecule has 0 spiro atoms. The number of carbonyl (C=O) groups excluding carboxylic acids is 1. The number of hydrogen-bond acceptors (Lipinski definition) is 1. The topological polar surface area (TPSA) is 17.1 Å². The maximum absolute atomic E-state index is 11.8. The Morgan fingerprint density at radius 2 is 2.13 bits per heavy atom. The molecule has 82 valence electrons. The molecule has 15 heavy (non-hydrogen) atoms. The van der Waals surface area contributed by atoms with Crippen molar-refractivity contribution in [3.8, 4) is 0 Å². The molecule has 0 saturated heterocycles. The van der Waals surface area contributed by atoms with Gasteiger partial charge in [-0.15, -0.1) is 0 Å². The van der Waals surface area contributed by atoms with Gasteiger partial charge in [-0.05, 0) is 30.5 Å². The second-order valence-electron chi connectivity index (χ2n) is 3.73. The number of ketones is 1. The standard InChI is InChI=1S/C13H17ClO/c1-3-6-13(15)12(4-2)10-7-5-8-11(14)9-10/h5,7-9,12H,3-4,6H2,1-2H3. The number of hydrogen-bond donors (Lipinski definition) is 0. The van der Waals surface area contributed by atoms with Gasteiger partial charge < -0.3 is 0 Å². The first kappa shape index (κ1) is 12.3. The molecule has 1 aromatic carbocycles. The molecule has 0 aliphatic carbocycles. The first-order valence-electron chi connectivity index (χ1n) is 5.47. The average Bonchev–Trinajstić information content (AvgIpc) is 2.19.